The maximum atomic E-state index is 13.3. The molecule has 490 valence electrons. The number of aliphatic hydroxyl groups excluding tert-OH is 8. The number of hydrogen-bond acceptors (Lipinski definition) is 13. The molecule has 0 aliphatic carbocycles. The Morgan fingerprint density at radius 3 is 1.18 bits per heavy atom. The maximum Gasteiger partial charge on any atom is 0.220 e. The Bertz CT molecular complexity index is 1490. The quantitative estimate of drug-likeness (QED) is 0.0204. The van der Waals surface area contributed by atoms with Crippen LogP contribution in [0, 0.1) is 0 Å². The second kappa shape index (κ2) is 54.6. The lowest BCUT2D eigenvalue weighted by Gasteiger charge is -2.46. The van der Waals surface area contributed by atoms with Gasteiger partial charge in [0.05, 0.1) is 32.0 Å². The Labute approximate surface area is 507 Å². The Morgan fingerprint density at radius 2 is 0.771 bits per heavy atom. The second-order valence-electron chi connectivity index (χ2n) is 25.0. The third kappa shape index (κ3) is 39.2. The molecule has 14 heteroatoms. The fourth-order valence-electron chi connectivity index (χ4n) is 11.8. The molecule has 0 saturated carbocycles. The average molecular weight is 1180 g/mol. The van der Waals surface area contributed by atoms with Crippen molar-refractivity contribution in [2.75, 3.05) is 19.8 Å². The zero-order valence-corrected chi connectivity index (χ0v) is 53.2. The van der Waals surface area contributed by atoms with E-state index in [1.807, 2.05) is 6.08 Å². The van der Waals surface area contributed by atoms with Gasteiger partial charge in [0.1, 0.15) is 48.8 Å². The molecule has 2 aliphatic rings. The molecule has 2 aliphatic heterocycles. The van der Waals surface area contributed by atoms with Crippen molar-refractivity contribution in [2.45, 2.75) is 389 Å². The minimum atomic E-state index is -1.79. The van der Waals surface area contributed by atoms with E-state index >= 15 is 0 Å². The summed E-state index contributed by atoms with van der Waals surface area (Å²) < 4.78 is 22.8. The number of rotatable bonds is 58. The predicted octanol–water partition coefficient (Wildman–Crippen LogP) is 14.0. The van der Waals surface area contributed by atoms with E-state index in [9.17, 15) is 45.6 Å². The fraction of sp³-hybridized carbons (Fsp3) is 0.928. The minimum absolute atomic E-state index is 0.243. The first-order valence-corrected chi connectivity index (χ1v) is 35.1. The average Bonchev–Trinajstić information content (AvgIpc) is 3.65. The highest BCUT2D eigenvalue weighted by Crippen LogP contribution is 2.30. The van der Waals surface area contributed by atoms with E-state index < -0.39 is 86.8 Å². The van der Waals surface area contributed by atoms with Gasteiger partial charge in [-0.1, -0.05) is 301 Å². The molecule has 1 amide bonds. The lowest BCUT2D eigenvalue weighted by Crippen LogP contribution is -2.65. The molecule has 2 rings (SSSR count). The first-order chi connectivity index (χ1) is 40.6. The molecule has 0 aromatic rings. The molecule has 0 spiro atoms. The molecule has 2 fully saturated rings. The van der Waals surface area contributed by atoms with Crippen molar-refractivity contribution >= 4 is 5.91 Å². The van der Waals surface area contributed by atoms with Gasteiger partial charge in [-0.05, 0) is 32.1 Å². The maximum absolute atomic E-state index is 13.3. The van der Waals surface area contributed by atoms with Crippen LogP contribution in [-0.4, -0.2) is 140 Å². The molecule has 12 atom stereocenters. The van der Waals surface area contributed by atoms with Gasteiger partial charge >= 0.3 is 0 Å². The molecule has 0 radical (unpaired) electrons. The lowest BCUT2D eigenvalue weighted by atomic mass is 9.97. The molecule has 14 nitrogen and oxygen atoms in total. The van der Waals surface area contributed by atoms with Crippen molar-refractivity contribution in [2.24, 2.45) is 0 Å². The summed E-state index contributed by atoms with van der Waals surface area (Å²) >= 11 is 0. The third-order valence-electron chi connectivity index (χ3n) is 17.4. The largest absolute Gasteiger partial charge is 0.394 e. The van der Waals surface area contributed by atoms with Crippen LogP contribution in [-0.2, 0) is 23.7 Å². The summed E-state index contributed by atoms with van der Waals surface area (Å²) in [5, 5.41) is 87.3. The summed E-state index contributed by atoms with van der Waals surface area (Å²) in [6.07, 6.45) is 51.1. The summed E-state index contributed by atoms with van der Waals surface area (Å²) in [7, 11) is 0. The van der Waals surface area contributed by atoms with Crippen LogP contribution in [0.1, 0.15) is 316 Å². The molecule has 2 heterocycles. The molecule has 2 saturated heterocycles. The number of amides is 1. The number of carbonyl (C=O) groups excluding carboxylic acids is 1. The Kier molecular flexibility index (Phi) is 51.0. The van der Waals surface area contributed by atoms with E-state index in [0.29, 0.717) is 12.8 Å². The number of nitrogens with one attached hydrogen (secondary N) is 1. The monoisotopic (exact) mass is 1180 g/mol. The zero-order chi connectivity index (χ0) is 60.2. The van der Waals surface area contributed by atoms with Crippen LogP contribution in [0.3, 0.4) is 0 Å². The van der Waals surface area contributed by atoms with Crippen molar-refractivity contribution in [3.63, 3.8) is 0 Å². The summed E-state index contributed by atoms with van der Waals surface area (Å²) in [4.78, 5) is 13.3. The summed E-state index contributed by atoms with van der Waals surface area (Å²) in [5.41, 5.74) is 0. The van der Waals surface area contributed by atoms with Crippen LogP contribution in [0.4, 0.5) is 0 Å². The van der Waals surface area contributed by atoms with Gasteiger partial charge in [-0.25, -0.2) is 0 Å². The molecule has 12 unspecified atom stereocenters. The van der Waals surface area contributed by atoms with E-state index in [1.165, 1.54) is 250 Å². The number of allylic oxidation sites excluding steroid dienone is 3. The number of unbranched alkanes of at least 4 members (excludes halogenated alkanes) is 43. The van der Waals surface area contributed by atoms with Gasteiger partial charge in [0, 0.05) is 6.42 Å². The van der Waals surface area contributed by atoms with Crippen LogP contribution in [0.5, 0.6) is 0 Å². The van der Waals surface area contributed by atoms with Crippen LogP contribution in [0.2, 0.25) is 0 Å². The van der Waals surface area contributed by atoms with Crippen LogP contribution < -0.4 is 5.32 Å². The van der Waals surface area contributed by atoms with Gasteiger partial charge in [0.2, 0.25) is 5.91 Å². The highest BCUT2D eigenvalue weighted by Gasteiger charge is 2.51. The van der Waals surface area contributed by atoms with E-state index in [2.05, 4.69) is 31.3 Å². The summed E-state index contributed by atoms with van der Waals surface area (Å²) in [6.45, 7) is 2.83. The van der Waals surface area contributed by atoms with Gasteiger partial charge in [0.25, 0.3) is 0 Å². The first kappa shape index (κ1) is 77.6. The number of hydrogen-bond donors (Lipinski definition) is 9. The fourth-order valence-corrected chi connectivity index (χ4v) is 11.8. The molecule has 0 aromatic carbocycles. The molecule has 0 aromatic heterocycles. The Balaban J connectivity index is 1.66. The molecule has 83 heavy (non-hydrogen) atoms. The van der Waals surface area contributed by atoms with Crippen LogP contribution >= 0.6 is 0 Å². The van der Waals surface area contributed by atoms with Crippen LogP contribution in [0.15, 0.2) is 24.3 Å². The van der Waals surface area contributed by atoms with Gasteiger partial charge in [-0.3, -0.25) is 4.79 Å². The Morgan fingerprint density at radius 1 is 0.422 bits per heavy atom. The molecule has 0 bridgehead atoms. The molecule has 9 N–H and O–H groups in total. The lowest BCUT2D eigenvalue weighted by molar-refractivity contribution is -0.359. The number of ether oxygens (including phenoxy) is 4. The van der Waals surface area contributed by atoms with Crippen molar-refractivity contribution in [3.05, 3.63) is 24.3 Å². The third-order valence-corrected chi connectivity index (χ3v) is 17.4. The number of carbonyl (C=O) groups is 1. The van der Waals surface area contributed by atoms with E-state index in [4.69, 9.17) is 18.9 Å². The van der Waals surface area contributed by atoms with Crippen molar-refractivity contribution in [1.82, 2.24) is 5.32 Å². The van der Waals surface area contributed by atoms with Crippen molar-refractivity contribution in [3.8, 4) is 0 Å². The van der Waals surface area contributed by atoms with Crippen molar-refractivity contribution in [1.29, 1.82) is 0 Å². The topological polar surface area (TPSA) is 228 Å². The van der Waals surface area contributed by atoms with E-state index in [-0.39, 0.29) is 18.9 Å². The second-order valence-corrected chi connectivity index (χ2v) is 25.0. The normalized spacial score (nSPS) is 23.9. The van der Waals surface area contributed by atoms with Gasteiger partial charge in [-0.2, -0.15) is 0 Å². The smallest absolute Gasteiger partial charge is 0.220 e. The minimum Gasteiger partial charge on any atom is -0.394 e. The molecular weight excluding hydrogens is 1050 g/mol. The molecular formula is C69H131NO13. The number of aliphatic hydroxyl groups is 8. The van der Waals surface area contributed by atoms with Crippen molar-refractivity contribution < 1.29 is 64.6 Å². The zero-order valence-electron chi connectivity index (χ0n) is 53.2. The predicted molar refractivity (Wildman–Crippen MR) is 337 cm³/mol. The Hall–Kier alpha value is -1.53. The summed E-state index contributed by atoms with van der Waals surface area (Å²) in [6, 6.07) is -0.929. The van der Waals surface area contributed by atoms with Gasteiger partial charge < -0.3 is 65.1 Å². The highest BCUT2D eigenvalue weighted by atomic mass is 16.7. The highest BCUT2D eigenvalue weighted by molar-refractivity contribution is 5.76. The standard InChI is InChI=1S/C69H131NO13/c1-3-5-7-9-11-13-15-17-19-21-22-23-24-25-26-27-28-29-30-31-32-33-34-35-37-38-40-42-44-46-48-50-52-58(73)57(70-61(74)53-51-49-47-45-43-41-39-36-20-18-16-14-12-10-8-6-4-2)56-80-68-66(79)64(77)67(60(55-72)82-68)83-69-65(78)63(76)62(75)59(54-71)81-69/h42,44,50,52,57-60,62-69,71-73,75-79H,3-41,43,45-49,51,53-56H2,1-2H3,(H,70,74)/b44-42+,52-50+. The summed E-state index contributed by atoms with van der Waals surface area (Å²) in [5.74, 6) is -0.243. The van der Waals surface area contributed by atoms with E-state index in [0.717, 1.165) is 32.1 Å². The van der Waals surface area contributed by atoms with Gasteiger partial charge in [0.15, 0.2) is 12.6 Å². The van der Waals surface area contributed by atoms with Gasteiger partial charge in [-0.15, -0.1) is 0 Å². The van der Waals surface area contributed by atoms with Crippen LogP contribution in [0.25, 0.3) is 0 Å². The SMILES string of the molecule is CCCCCCCCCCCCCCCCCCCCCCCCCCCC/C=C/CC/C=C/C(O)C(COC1OC(CO)C(OC2OC(CO)C(O)C(O)C2O)C(O)C1O)NC(=O)CCCCCCCCCCCCCCCCCCC. The van der Waals surface area contributed by atoms with E-state index in [1.54, 1.807) is 6.08 Å². The first-order valence-electron chi connectivity index (χ1n) is 35.1.